The second-order valence-corrected chi connectivity index (χ2v) is 6.61. The first-order valence-electron chi connectivity index (χ1n) is 7.89. The molecule has 0 atom stereocenters. The Kier molecular flexibility index (Phi) is 5.50. The summed E-state index contributed by atoms with van der Waals surface area (Å²) in [5.74, 6) is -0.855. The van der Waals surface area contributed by atoms with Crippen LogP contribution in [0.25, 0.3) is 0 Å². The molecule has 0 aliphatic rings. The zero-order chi connectivity index (χ0) is 19.4. The number of alkyl halides is 3. The Bertz CT molecular complexity index is 924. The first-order valence-corrected chi connectivity index (χ1v) is 8.88. The SMILES string of the molecule is Cn1c(SCc2ccc(C(=O)Nc3ccccc3)cc2)nnc1C(F)(F)F. The van der Waals surface area contributed by atoms with Crippen LogP contribution < -0.4 is 5.32 Å². The number of nitrogens with zero attached hydrogens (tertiary/aromatic N) is 3. The normalized spacial score (nSPS) is 11.4. The summed E-state index contributed by atoms with van der Waals surface area (Å²) in [5, 5.41) is 9.73. The van der Waals surface area contributed by atoms with Crippen molar-refractivity contribution in [1.29, 1.82) is 0 Å². The summed E-state index contributed by atoms with van der Waals surface area (Å²) in [4.78, 5) is 12.2. The number of halogens is 3. The lowest BCUT2D eigenvalue weighted by Gasteiger charge is -2.07. The lowest BCUT2D eigenvalue weighted by molar-refractivity contribution is -0.147. The van der Waals surface area contributed by atoms with Gasteiger partial charge in [0.1, 0.15) is 0 Å². The zero-order valence-corrected chi connectivity index (χ0v) is 15.0. The van der Waals surface area contributed by atoms with Gasteiger partial charge in [-0.2, -0.15) is 13.2 Å². The van der Waals surface area contributed by atoms with E-state index in [9.17, 15) is 18.0 Å². The van der Waals surface area contributed by atoms with Crippen LogP contribution in [0.3, 0.4) is 0 Å². The monoisotopic (exact) mass is 392 g/mol. The summed E-state index contributed by atoms with van der Waals surface area (Å²) in [5.41, 5.74) is 2.04. The molecular weight excluding hydrogens is 377 g/mol. The molecule has 1 N–H and O–H groups in total. The molecule has 5 nitrogen and oxygen atoms in total. The molecule has 0 fully saturated rings. The van der Waals surface area contributed by atoms with E-state index in [-0.39, 0.29) is 11.1 Å². The molecule has 1 aromatic heterocycles. The largest absolute Gasteiger partial charge is 0.451 e. The maximum absolute atomic E-state index is 12.7. The predicted octanol–water partition coefficient (Wildman–Crippen LogP) is 4.38. The van der Waals surface area contributed by atoms with E-state index in [0.29, 0.717) is 17.0 Å². The Balaban J connectivity index is 1.61. The molecule has 27 heavy (non-hydrogen) atoms. The minimum absolute atomic E-state index is 0.174. The molecule has 1 amide bonds. The van der Waals surface area contributed by atoms with E-state index < -0.39 is 12.0 Å². The third kappa shape index (κ3) is 4.68. The topological polar surface area (TPSA) is 59.8 Å². The van der Waals surface area contributed by atoms with Crippen LogP contribution in [0.15, 0.2) is 59.8 Å². The van der Waals surface area contributed by atoms with E-state index in [1.54, 1.807) is 36.4 Å². The average molecular weight is 392 g/mol. The zero-order valence-electron chi connectivity index (χ0n) is 14.2. The highest BCUT2D eigenvalue weighted by Gasteiger charge is 2.37. The summed E-state index contributed by atoms with van der Waals surface area (Å²) in [6.07, 6.45) is -4.53. The molecule has 0 radical (unpaired) electrons. The molecule has 0 aliphatic heterocycles. The second kappa shape index (κ2) is 7.83. The smallest absolute Gasteiger partial charge is 0.322 e. The number of rotatable bonds is 5. The Morgan fingerprint density at radius 1 is 1.07 bits per heavy atom. The van der Waals surface area contributed by atoms with Gasteiger partial charge in [0, 0.05) is 24.1 Å². The molecule has 0 spiro atoms. The molecule has 0 saturated carbocycles. The van der Waals surface area contributed by atoms with Gasteiger partial charge in [-0.25, -0.2) is 0 Å². The molecule has 9 heteroatoms. The van der Waals surface area contributed by atoms with Crippen LogP contribution in [0.4, 0.5) is 18.9 Å². The van der Waals surface area contributed by atoms with Crippen LogP contribution in [0.2, 0.25) is 0 Å². The van der Waals surface area contributed by atoms with E-state index >= 15 is 0 Å². The van der Waals surface area contributed by atoms with Crippen molar-refractivity contribution >= 4 is 23.4 Å². The fraction of sp³-hybridized carbons (Fsp3) is 0.167. The number of amides is 1. The summed E-state index contributed by atoms with van der Waals surface area (Å²) in [7, 11) is 1.28. The van der Waals surface area contributed by atoms with Crippen molar-refractivity contribution in [3.05, 3.63) is 71.5 Å². The average Bonchev–Trinajstić information content (AvgIpc) is 3.02. The maximum Gasteiger partial charge on any atom is 0.451 e. The van der Waals surface area contributed by atoms with Crippen molar-refractivity contribution in [2.24, 2.45) is 7.05 Å². The van der Waals surface area contributed by atoms with Crippen molar-refractivity contribution in [3.8, 4) is 0 Å². The fourth-order valence-corrected chi connectivity index (χ4v) is 3.18. The van der Waals surface area contributed by atoms with Crippen LogP contribution in [0.1, 0.15) is 21.7 Å². The molecule has 3 aromatic rings. The van der Waals surface area contributed by atoms with Crippen LogP contribution in [0.5, 0.6) is 0 Å². The number of benzene rings is 2. The molecule has 0 aliphatic carbocycles. The number of para-hydroxylation sites is 1. The molecule has 1 heterocycles. The van der Waals surface area contributed by atoms with Gasteiger partial charge in [0.25, 0.3) is 5.91 Å². The Morgan fingerprint density at radius 3 is 2.33 bits per heavy atom. The van der Waals surface area contributed by atoms with Gasteiger partial charge >= 0.3 is 6.18 Å². The van der Waals surface area contributed by atoms with Gasteiger partial charge in [0.2, 0.25) is 5.82 Å². The Hall–Kier alpha value is -2.81. The highest BCUT2D eigenvalue weighted by Crippen LogP contribution is 2.30. The minimum Gasteiger partial charge on any atom is -0.322 e. The van der Waals surface area contributed by atoms with Crippen LogP contribution in [-0.4, -0.2) is 20.7 Å². The van der Waals surface area contributed by atoms with Crippen molar-refractivity contribution in [1.82, 2.24) is 14.8 Å². The van der Waals surface area contributed by atoms with Crippen LogP contribution >= 0.6 is 11.8 Å². The van der Waals surface area contributed by atoms with Crippen LogP contribution in [0, 0.1) is 0 Å². The highest BCUT2D eigenvalue weighted by molar-refractivity contribution is 7.98. The second-order valence-electron chi connectivity index (χ2n) is 5.67. The van der Waals surface area contributed by atoms with Gasteiger partial charge in [-0.15, -0.1) is 10.2 Å². The first kappa shape index (κ1) is 19.0. The standard InChI is InChI=1S/C18H15F3N4OS/c1-25-16(18(19,20)21)23-24-17(25)27-11-12-7-9-13(10-8-12)15(26)22-14-5-3-2-4-6-14/h2-10H,11H2,1H3,(H,22,26). The number of hydrogen-bond donors (Lipinski definition) is 1. The van der Waals surface area contributed by atoms with Gasteiger partial charge in [0.05, 0.1) is 0 Å². The number of hydrogen-bond acceptors (Lipinski definition) is 4. The van der Waals surface area contributed by atoms with Crippen LogP contribution in [-0.2, 0) is 19.0 Å². The van der Waals surface area contributed by atoms with E-state index in [0.717, 1.165) is 21.9 Å². The number of aromatic nitrogens is 3. The number of carbonyl (C=O) groups excluding carboxylic acids is 1. The number of anilines is 1. The van der Waals surface area contributed by atoms with Gasteiger partial charge in [-0.3, -0.25) is 4.79 Å². The van der Waals surface area contributed by atoms with Crippen molar-refractivity contribution < 1.29 is 18.0 Å². The Morgan fingerprint density at radius 2 is 1.74 bits per heavy atom. The Labute approximate surface area is 157 Å². The van der Waals surface area contributed by atoms with E-state index in [1.807, 2.05) is 18.2 Å². The number of carbonyl (C=O) groups is 1. The van der Waals surface area contributed by atoms with E-state index in [4.69, 9.17) is 0 Å². The molecular formula is C18H15F3N4OS. The fourth-order valence-electron chi connectivity index (χ4n) is 2.31. The van der Waals surface area contributed by atoms with Gasteiger partial charge in [-0.1, -0.05) is 42.1 Å². The van der Waals surface area contributed by atoms with Gasteiger partial charge < -0.3 is 9.88 Å². The van der Waals surface area contributed by atoms with E-state index in [2.05, 4.69) is 15.5 Å². The molecule has 2 aromatic carbocycles. The summed E-state index contributed by atoms with van der Waals surface area (Å²) in [6.45, 7) is 0. The molecule has 3 rings (SSSR count). The van der Waals surface area contributed by atoms with Crippen molar-refractivity contribution in [2.75, 3.05) is 5.32 Å². The number of thioether (sulfide) groups is 1. The first-order chi connectivity index (χ1) is 12.8. The van der Waals surface area contributed by atoms with Crippen molar-refractivity contribution in [3.63, 3.8) is 0 Å². The molecule has 0 unspecified atom stereocenters. The lowest BCUT2D eigenvalue weighted by atomic mass is 10.1. The highest BCUT2D eigenvalue weighted by atomic mass is 32.2. The maximum atomic E-state index is 12.7. The third-order valence-electron chi connectivity index (χ3n) is 3.70. The molecule has 140 valence electrons. The third-order valence-corrected chi connectivity index (χ3v) is 4.80. The van der Waals surface area contributed by atoms with Gasteiger partial charge in [-0.05, 0) is 29.8 Å². The van der Waals surface area contributed by atoms with Crippen molar-refractivity contribution in [2.45, 2.75) is 17.1 Å². The quantitative estimate of drug-likeness (QED) is 0.655. The summed E-state index contributed by atoms with van der Waals surface area (Å²) in [6, 6.07) is 16.0. The minimum atomic E-state index is -4.53. The lowest BCUT2D eigenvalue weighted by Crippen LogP contribution is -2.13. The van der Waals surface area contributed by atoms with Gasteiger partial charge in [0.15, 0.2) is 5.16 Å². The summed E-state index contributed by atoms with van der Waals surface area (Å²) < 4.78 is 39.1. The predicted molar refractivity (Wildman–Crippen MR) is 96.4 cm³/mol. The molecule has 0 saturated heterocycles. The van der Waals surface area contributed by atoms with E-state index in [1.165, 1.54) is 7.05 Å². The summed E-state index contributed by atoms with van der Waals surface area (Å²) >= 11 is 1.14. The number of nitrogens with one attached hydrogen (secondary N) is 1. The molecule has 0 bridgehead atoms.